The number of phenolic OH excluding ortho intramolecular Hbond substituents is 1. The Labute approximate surface area is 335 Å². The van der Waals surface area contributed by atoms with E-state index in [0.29, 0.717) is 95.5 Å². The van der Waals surface area contributed by atoms with E-state index in [9.17, 15) is 19.5 Å². The molecule has 1 spiro atoms. The van der Waals surface area contributed by atoms with E-state index in [0.717, 1.165) is 75.2 Å². The van der Waals surface area contributed by atoms with Gasteiger partial charge in [-0.25, -0.2) is 4.98 Å². The molecule has 2 aromatic heterocycles. The minimum atomic E-state index is -0.325. The van der Waals surface area contributed by atoms with Crippen molar-refractivity contribution in [3.05, 3.63) is 77.8 Å². The molecule has 55 heavy (non-hydrogen) atoms. The molecular formula is C40H53ClN6O6S2. The predicted octanol–water partition coefficient (Wildman–Crippen LogP) is 5.67. The van der Waals surface area contributed by atoms with Crippen LogP contribution in [-0.2, 0) is 33.7 Å². The minimum Gasteiger partial charge on any atom is -0.506 e. The lowest BCUT2D eigenvalue weighted by atomic mass is 9.89. The van der Waals surface area contributed by atoms with Gasteiger partial charge in [0, 0.05) is 62.1 Å². The quantitative estimate of drug-likeness (QED) is 0.115. The van der Waals surface area contributed by atoms with E-state index < -0.39 is 0 Å². The summed E-state index contributed by atoms with van der Waals surface area (Å²) in [6.07, 6.45) is 3.39. The summed E-state index contributed by atoms with van der Waals surface area (Å²) in [7, 11) is 0. The van der Waals surface area contributed by atoms with Crippen molar-refractivity contribution in [3.8, 4) is 5.75 Å². The zero-order valence-electron chi connectivity index (χ0n) is 32.0. The molecule has 298 valence electrons. The lowest BCUT2D eigenvalue weighted by molar-refractivity contribution is -0.132. The number of aromatic amines is 1. The number of H-pyrrole nitrogens is 1. The van der Waals surface area contributed by atoms with Crippen molar-refractivity contribution in [2.24, 2.45) is 0 Å². The van der Waals surface area contributed by atoms with Gasteiger partial charge in [-0.2, -0.15) is 0 Å². The first kappa shape index (κ1) is 41.3. The average Bonchev–Trinajstić information content (AvgIpc) is 3.84. The number of rotatable bonds is 17. The Morgan fingerprint density at radius 2 is 1.91 bits per heavy atom. The number of halogens is 1. The largest absolute Gasteiger partial charge is 0.506 e. The van der Waals surface area contributed by atoms with E-state index >= 15 is 0 Å². The van der Waals surface area contributed by atoms with E-state index in [-0.39, 0.29) is 28.0 Å². The zero-order valence-corrected chi connectivity index (χ0v) is 34.4. The van der Waals surface area contributed by atoms with Crippen LogP contribution < -0.4 is 10.2 Å². The van der Waals surface area contributed by atoms with Gasteiger partial charge in [-0.05, 0) is 61.9 Å². The number of morpholine rings is 1. The van der Waals surface area contributed by atoms with Crippen LogP contribution in [0, 0.1) is 0 Å². The highest BCUT2D eigenvalue weighted by Gasteiger charge is 2.41. The van der Waals surface area contributed by atoms with Crippen molar-refractivity contribution >= 4 is 56.3 Å². The first-order chi connectivity index (χ1) is 26.6. The summed E-state index contributed by atoms with van der Waals surface area (Å²) >= 11 is 9.58. The maximum absolute atomic E-state index is 13.3. The number of likely N-dealkylation sites (N-methyl/N-ethyl adjacent to an activating group) is 1. The molecule has 2 aromatic carbocycles. The van der Waals surface area contributed by atoms with E-state index in [1.807, 2.05) is 40.3 Å². The standard InChI is InChI=1S/C40H53ClN6O6S2/c1-4-46(19-16-42-15-10-29-8-9-32(48)35-36(29)55-39(51)44-35)33(49)12-22-52-21-11-28-6-5-7-30(34(28)41)24-45-17-13-40(14-18-45)26-47(20-23-53-40)38(50)31-25-54-37(43-31)27(2)3/h5-9,25,27,42,48H,4,10-24,26H2,1-3H3,(H,44,51). The highest BCUT2D eigenvalue weighted by atomic mass is 35.5. The molecule has 2 fully saturated rings. The number of piperidine rings is 1. The normalized spacial score (nSPS) is 16.1. The van der Waals surface area contributed by atoms with Gasteiger partial charge in [-0.1, -0.05) is 61.1 Å². The van der Waals surface area contributed by atoms with Crippen LogP contribution in [0.25, 0.3) is 10.2 Å². The monoisotopic (exact) mass is 812 g/mol. The molecular weight excluding hydrogens is 760 g/mol. The number of fused-ring (bicyclic) bond motifs is 1. The van der Waals surface area contributed by atoms with Crippen LogP contribution in [0.1, 0.15) is 78.1 Å². The molecule has 0 atom stereocenters. The molecule has 12 nitrogen and oxygen atoms in total. The van der Waals surface area contributed by atoms with Crippen molar-refractivity contribution in [3.63, 3.8) is 0 Å². The molecule has 15 heteroatoms. The van der Waals surface area contributed by atoms with E-state index in [1.165, 1.54) is 0 Å². The smallest absolute Gasteiger partial charge is 0.305 e. The number of ether oxygens (including phenoxy) is 2. The molecule has 6 rings (SSSR count). The third kappa shape index (κ3) is 10.5. The first-order valence-corrected chi connectivity index (χ1v) is 21.4. The molecule has 2 amide bonds. The van der Waals surface area contributed by atoms with Gasteiger partial charge in [-0.3, -0.25) is 19.3 Å². The van der Waals surface area contributed by atoms with Crippen molar-refractivity contribution in [2.45, 2.75) is 70.9 Å². The van der Waals surface area contributed by atoms with Crippen LogP contribution in [0.2, 0.25) is 5.02 Å². The molecule has 2 aliphatic rings. The summed E-state index contributed by atoms with van der Waals surface area (Å²) in [5.41, 5.74) is 3.82. The Hall–Kier alpha value is -3.37. The van der Waals surface area contributed by atoms with Gasteiger partial charge in [0.2, 0.25) is 5.91 Å². The van der Waals surface area contributed by atoms with Crippen LogP contribution in [0.15, 0.2) is 40.5 Å². The van der Waals surface area contributed by atoms with E-state index in [2.05, 4.69) is 40.1 Å². The lowest BCUT2D eigenvalue weighted by Crippen LogP contribution is -2.58. The topological polar surface area (TPSA) is 140 Å². The summed E-state index contributed by atoms with van der Waals surface area (Å²) in [6, 6.07) is 9.62. The highest BCUT2D eigenvalue weighted by Crippen LogP contribution is 2.33. The van der Waals surface area contributed by atoms with Gasteiger partial charge in [0.25, 0.3) is 5.91 Å². The summed E-state index contributed by atoms with van der Waals surface area (Å²) in [5, 5.41) is 17.0. The van der Waals surface area contributed by atoms with Gasteiger partial charge in [-0.15, -0.1) is 11.3 Å². The number of benzene rings is 2. The number of thiazole rings is 2. The second kappa shape index (κ2) is 19.2. The Morgan fingerprint density at radius 1 is 1.11 bits per heavy atom. The predicted molar refractivity (Wildman–Crippen MR) is 219 cm³/mol. The Balaban J connectivity index is 0.878. The Morgan fingerprint density at radius 3 is 2.67 bits per heavy atom. The third-order valence-electron chi connectivity index (χ3n) is 10.6. The molecule has 4 heterocycles. The summed E-state index contributed by atoms with van der Waals surface area (Å²) in [4.78, 5) is 51.2. The van der Waals surface area contributed by atoms with Crippen LogP contribution in [-0.4, -0.2) is 119 Å². The molecule has 2 aliphatic heterocycles. The van der Waals surface area contributed by atoms with Crippen LogP contribution in [0.3, 0.4) is 0 Å². The van der Waals surface area contributed by atoms with Crippen LogP contribution in [0.4, 0.5) is 0 Å². The first-order valence-electron chi connectivity index (χ1n) is 19.3. The van der Waals surface area contributed by atoms with Gasteiger partial charge in [0.05, 0.1) is 48.1 Å². The van der Waals surface area contributed by atoms with Crippen molar-refractivity contribution in [2.75, 3.05) is 72.2 Å². The molecule has 0 bridgehead atoms. The van der Waals surface area contributed by atoms with Crippen molar-refractivity contribution in [1.82, 2.24) is 30.0 Å². The average molecular weight is 813 g/mol. The van der Waals surface area contributed by atoms with Crippen molar-refractivity contribution in [1.29, 1.82) is 0 Å². The van der Waals surface area contributed by atoms with Crippen LogP contribution in [0.5, 0.6) is 5.75 Å². The second-order valence-corrected chi connectivity index (χ2v) is 16.9. The SMILES string of the molecule is CCN(CCNCCc1ccc(O)c2[nH]c(=O)sc12)C(=O)CCOCCc1cccc(CN2CCC3(CC2)CN(C(=O)c2csc(C(C)C)n2)CCO3)c1Cl. The Bertz CT molecular complexity index is 1970. The number of amides is 2. The van der Waals surface area contributed by atoms with Gasteiger partial charge in [0.1, 0.15) is 17.0 Å². The number of hydrogen-bond donors (Lipinski definition) is 3. The molecule has 0 aliphatic carbocycles. The maximum Gasteiger partial charge on any atom is 0.305 e. The molecule has 0 saturated carbocycles. The van der Waals surface area contributed by atoms with E-state index in [4.69, 9.17) is 21.1 Å². The molecule has 2 saturated heterocycles. The number of hydrogen-bond acceptors (Lipinski definition) is 11. The minimum absolute atomic E-state index is 0.000386. The van der Waals surface area contributed by atoms with Gasteiger partial charge < -0.3 is 34.7 Å². The fraction of sp³-hybridized carbons (Fsp3) is 0.550. The number of nitrogens with one attached hydrogen (secondary N) is 2. The van der Waals surface area contributed by atoms with Crippen molar-refractivity contribution < 1.29 is 24.2 Å². The summed E-state index contributed by atoms with van der Waals surface area (Å²) in [6.45, 7) is 13.7. The number of phenols is 1. The summed E-state index contributed by atoms with van der Waals surface area (Å²) in [5.74, 6) is 0.443. The zero-order chi connectivity index (χ0) is 39.0. The summed E-state index contributed by atoms with van der Waals surface area (Å²) < 4.78 is 13.0. The molecule has 3 N–H and O–H groups in total. The Kier molecular flexibility index (Phi) is 14.4. The molecule has 0 unspecified atom stereocenters. The highest BCUT2D eigenvalue weighted by molar-refractivity contribution is 7.16. The number of likely N-dealkylation sites (tertiary alicyclic amines) is 1. The number of carbonyl (C=O) groups excluding carboxylic acids is 2. The molecule has 0 radical (unpaired) electrons. The number of nitrogens with zero attached hydrogens (tertiary/aromatic N) is 4. The van der Waals surface area contributed by atoms with Gasteiger partial charge in [0.15, 0.2) is 0 Å². The molecule has 4 aromatic rings. The maximum atomic E-state index is 13.3. The van der Waals surface area contributed by atoms with E-state index in [1.54, 1.807) is 17.4 Å². The second-order valence-electron chi connectivity index (χ2n) is 14.7. The number of carbonyl (C=O) groups is 2. The third-order valence-corrected chi connectivity index (χ3v) is 13.2. The number of aromatic nitrogens is 2. The lowest BCUT2D eigenvalue weighted by Gasteiger charge is -2.47. The fourth-order valence-corrected chi connectivity index (χ4v) is 9.32. The van der Waals surface area contributed by atoms with Crippen LogP contribution >= 0.6 is 34.3 Å². The van der Waals surface area contributed by atoms with Gasteiger partial charge >= 0.3 is 4.87 Å². The fourth-order valence-electron chi connectivity index (χ4n) is 7.33. The number of aromatic hydroxyl groups is 1.